The van der Waals surface area contributed by atoms with Crippen molar-refractivity contribution in [2.75, 3.05) is 0 Å². The number of aromatic nitrogens is 1. The lowest BCUT2D eigenvalue weighted by Gasteiger charge is -2.10. The molecule has 2 rings (SSSR count). The van der Waals surface area contributed by atoms with Crippen LogP contribution in [0.4, 0.5) is 5.69 Å². The zero-order valence-electron chi connectivity index (χ0n) is 10.7. The molecule has 0 unspecified atom stereocenters. The number of carboxylic acid groups (broad SMARTS) is 1. The fourth-order valence-electron chi connectivity index (χ4n) is 1.71. The van der Waals surface area contributed by atoms with Crippen LogP contribution in [0.25, 0.3) is 0 Å². The molecule has 1 aromatic heterocycles. The molecule has 8 heteroatoms. The number of carbonyl (C=O) groups is 1. The molecule has 2 aromatic rings. The summed E-state index contributed by atoms with van der Waals surface area (Å²) >= 11 is 3.15. The van der Waals surface area contributed by atoms with Gasteiger partial charge in [-0.25, -0.2) is 9.78 Å². The minimum atomic E-state index is -1.22. The first-order chi connectivity index (χ1) is 9.91. The van der Waals surface area contributed by atoms with Crippen LogP contribution in [0.15, 0.2) is 34.9 Å². The lowest BCUT2D eigenvalue weighted by molar-refractivity contribution is -0.385. The Balaban J connectivity index is 2.56. The van der Waals surface area contributed by atoms with E-state index >= 15 is 0 Å². The summed E-state index contributed by atoms with van der Waals surface area (Å²) in [7, 11) is 0. The number of aromatic carboxylic acids is 1. The van der Waals surface area contributed by atoms with Crippen LogP contribution in [0.3, 0.4) is 0 Å². The van der Waals surface area contributed by atoms with Crippen LogP contribution >= 0.6 is 15.9 Å². The highest BCUT2D eigenvalue weighted by Gasteiger charge is 2.23. The van der Waals surface area contributed by atoms with E-state index in [0.717, 1.165) is 0 Å². The van der Waals surface area contributed by atoms with Crippen molar-refractivity contribution in [3.8, 4) is 11.6 Å². The molecule has 0 fully saturated rings. The summed E-state index contributed by atoms with van der Waals surface area (Å²) in [5.41, 5.74) is 0.0220. The number of halogens is 1. The van der Waals surface area contributed by atoms with E-state index in [2.05, 4.69) is 20.9 Å². The number of benzene rings is 1. The Labute approximate surface area is 127 Å². The average molecular weight is 353 g/mol. The van der Waals surface area contributed by atoms with Crippen LogP contribution in [0.1, 0.15) is 15.9 Å². The van der Waals surface area contributed by atoms with Crippen LogP contribution in [0.2, 0.25) is 0 Å². The first kappa shape index (κ1) is 14.9. The minimum absolute atomic E-state index is 0.0944. The number of ether oxygens (including phenoxy) is 1. The van der Waals surface area contributed by atoms with Crippen molar-refractivity contribution in [2.45, 2.75) is 6.92 Å². The Bertz CT molecular complexity index is 732. The number of nitrogens with zero attached hydrogens (tertiary/aromatic N) is 2. The Kier molecular flexibility index (Phi) is 4.18. The van der Waals surface area contributed by atoms with Gasteiger partial charge in [0, 0.05) is 12.3 Å². The van der Waals surface area contributed by atoms with E-state index in [-0.39, 0.29) is 22.9 Å². The van der Waals surface area contributed by atoms with Gasteiger partial charge >= 0.3 is 11.7 Å². The molecule has 1 heterocycles. The maximum atomic E-state index is 11.3. The Morgan fingerprint density at radius 2 is 2.14 bits per heavy atom. The maximum Gasteiger partial charge on any atom is 0.341 e. The number of rotatable bonds is 4. The van der Waals surface area contributed by atoms with Gasteiger partial charge in [-0.2, -0.15) is 0 Å². The van der Waals surface area contributed by atoms with E-state index in [1.807, 2.05) is 0 Å². The van der Waals surface area contributed by atoms with Crippen LogP contribution in [0, 0.1) is 17.0 Å². The zero-order chi connectivity index (χ0) is 15.6. The third-order valence-corrected chi connectivity index (χ3v) is 3.30. The van der Waals surface area contributed by atoms with Gasteiger partial charge in [-0.3, -0.25) is 10.1 Å². The molecule has 0 bridgehead atoms. The van der Waals surface area contributed by atoms with Gasteiger partial charge in [-0.15, -0.1) is 0 Å². The van der Waals surface area contributed by atoms with E-state index in [4.69, 9.17) is 4.74 Å². The fourth-order valence-corrected chi connectivity index (χ4v) is 2.15. The predicted octanol–water partition coefficient (Wildman–Crippen LogP) is 3.55. The van der Waals surface area contributed by atoms with Crippen LogP contribution in [-0.4, -0.2) is 21.0 Å². The lowest BCUT2D eigenvalue weighted by Crippen LogP contribution is -2.05. The van der Waals surface area contributed by atoms with Gasteiger partial charge in [0.15, 0.2) is 0 Å². The van der Waals surface area contributed by atoms with Crippen molar-refractivity contribution in [3.05, 3.63) is 56.2 Å². The monoisotopic (exact) mass is 352 g/mol. The van der Waals surface area contributed by atoms with Crippen molar-refractivity contribution in [2.24, 2.45) is 0 Å². The SMILES string of the molecule is Cc1ccnc(Oc2c(Br)cccc2[N+](=O)[O-])c1C(=O)O. The molecular formula is C13H9BrN2O5. The summed E-state index contributed by atoms with van der Waals surface area (Å²) in [4.78, 5) is 25.5. The lowest BCUT2D eigenvalue weighted by atomic mass is 10.1. The van der Waals surface area contributed by atoms with Crippen molar-refractivity contribution in [1.29, 1.82) is 0 Å². The molecule has 1 N–H and O–H groups in total. The first-order valence-electron chi connectivity index (χ1n) is 5.71. The summed E-state index contributed by atoms with van der Waals surface area (Å²) in [5.74, 6) is -1.51. The predicted molar refractivity (Wildman–Crippen MR) is 76.8 cm³/mol. The van der Waals surface area contributed by atoms with Crippen molar-refractivity contribution in [1.82, 2.24) is 4.98 Å². The van der Waals surface area contributed by atoms with Gasteiger partial charge in [0.1, 0.15) is 5.56 Å². The molecular weight excluding hydrogens is 344 g/mol. The topological polar surface area (TPSA) is 103 Å². The summed E-state index contributed by atoms with van der Waals surface area (Å²) in [6, 6.07) is 5.82. The second-order valence-corrected chi connectivity index (χ2v) is 4.91. The van der Waals surface area contributed by atoms with Crippen molar-refractivity contribution < 1.29 is 19.6 Å². The standard InChI is InChI=1S/C13H9BrN2O5/c1-7-5-6-15-12(10(7)13(17)18)21-11-8(14)3-2-4-9(11)16(19)20/h2-6H,1H3,(H,17,18). The maximum absolute atomic E-state index is 11.3. The third kappa shape index (κ3) is 3.00. The van der Waals surface area contributed by atoms with E-state index < -0.39 is 10.9 Å². The van der Waals surface area contributed by atoms with Gasteiger partial charge in [0.25, 0.3) is 0 Å². The molecule has 0 amide bonds. The molecule has 0 spiro atoms. The average Bonchev–Trinajstić information content (AvgIpc) is 2.40. The molecule has 0 radical (unpaired) electrons. The van der Waals surface area contributed by atoms with E-state index in [9.17, 15) is 20.0 Å². The number of carboxylic acids is 1. The smallest absolute Gasteiger partial charge is 0.341 e. The number of pyridine rings is 1. The molecule has 0 atom stereocenters. The van der Waals surface area contributed by atoms with Gasteiger partial charge in [-0.05, 0) is 40.5 Å². The van der Waals surface area contributed by atoms with Gasteiger partial charge in [-0.1, -0.05) is 6.07 Å². The van der Waals surface area contributed by atoms with Gasteiger partial charge in [0.05, 0.1) is 9.40 Å². The molecule has 0 aliphatic carbocycles. The van der Waals surface area contributed by atoms with Gasteiger partial charge in [0.2, 0.25) is 11.6 Å². The second-order valence-electron chi connectivity index (χ2n) is 4.06. The number of hydrogen-bond donors (Lipinski definition) is 1. The van der Waals surface area contributed by atoms with Crippen LogP contribution in [-0.2, 0) is 0 Å². The summed E-state index contributed by atoms with van der Waals surface area (Å²) in [6.07, 6.45) is 1.37. The number of para-hydroxylation sites is 1. The normalized spacial score (nSPS) is 10.2. The zero-order valence-corrected chi connectivity index (χ0v) is 12.3. The van der Waals surface area contributed by atoms with Crippen molar-refractivity contribution in [3.63, 3.8) is 0 Å². The Hall–Kier alpha value is -2.48. The molecule has 108 valence electrons. The third-order valence-electron chi connectivity index (χ3n) is 2.68. The summed E-state index contributed by atoms with van der Waals surface area (Å²) in [5, 5.41) is 20.2. The number of nitro benzene ring substituents is 1. The quantitative estimate of drug-likeness (QED) is 0.666. The second kappa shape index (κ2) is 5.88. The summed E-state index contributed by atoms with van der Waals surface area (Å²) in [6.45, 7) is 1.59. The Morgan fingerprint density at radius 3 is 2.76 bits per heavy atom. The number of hydrogen-bond acceptors (Lipinski definition) is 5. The van der Waals surface area contributed by atoms with Crippen LogP contribution in [0.5, 0.6) is 11.6 Å². The van der Waals surface area contributed by atoms with Crippen LogP contribution < -0.4 is 4.74 Å². The highest BCUT2D eigenvalue weighted by molar-refractivity contribution is 9.10. The first-order valence-corrected chi connectivity index (χ1v) is 6.50. The summed E-state index contributed by atoms with van der Waals surface area (Å²) < 4.78 is 5.72. The highest BCUT2D eigenvalue weighted by atomic mass is 79.9. The van der Waals surface area contributed by atoms with E-state index in [0.29, 0.717) is 10.0 Å². The molecule has 7 nitrogen and oxygen atoms in total. The minimum Gasteiger partial charge on any atom is -0.477 e. The molecule has 0 saturated carbocycles. The molecule has 21 heavy (non-hydrogen) atoms. The molecule has 0 aliphatic rings. The van der Waals surface area contributed by atoms with Gasteiger partial charge < -0.3 is 9.84 Å². The number of nitro groups is 1. The molecule has 0 saturated heterocycles. The largest absolute Gasteiger partial charge is 0.477 e. The molecule has 0 aliphatic heterocycles. The van der Waals surface area contributed by atoms with E-state index in [1.165, 1.54) is 24.4 Å². The Morgan fingerprint density at radius 1 is 1.43 bits per heavy atom. The fraction of sp³-hybridized carbons (Fsp3) is 0.0769. The highest BCUT2D eigenvalue weighted by Crippen LogP contribution is 2.38. The number of aryl methyl sites for hydroxylation is 1. The molecule has 1 aromatic carbocycles. The van der Waals surface area contributed by atoms with E-state index in [1.54, 1.807) is 13.0 Å². The van der Waals surface area contributed by atoms with Crippen molar-refractivity contribution >= 4 is 27.6 Å².